The average molecular weight is 609 g/mol. The summed E-state index contributed by atoms with van der Waals surface area (Å²) in [4.78, 5) is 27.1. The van der Waals surface area contributed by atoms with Crippen molar-refractivity contribution in [1.82, 2.24) is 10.4 Å². The van der Waals surface area contributed by atoms with Crippen LogP contribution in [0.15, 0.2) is 96.2 Å². The quantitative estimate of drug-likeness (QED) is 0.106. The van der Waals surface area contributed by atoms with Crippen LogP contribution in [0.1, 0.15) is 34.9 Å². The maximum Gasteiger partial charge on any atom is 0.433 e. The highest BCUT2D eigenvalue weighted by atomic mass is 19.4. The first kappa shape index (κ1) is 31.5. The first-order valence-corrected chi connectivity index (χ1v) is 13.3. The van der Waals surface area contributed by atoms with Gasteiger partial charge in [-0.3, -0.25) is 15.1 Å². The van der Waals surface area contributed by atoms with Gasteiger partial charge in [0.05, 0.1) is 17.2 Å². The molecule has 0 fully saturated rings. The number of hydrazone groups is 1. The standard InChI is InChI=1S/C31H27F3N4O6/c1-2-42-30(39)37-36-25(16-23-14-9-15-35-29(23)31(32,33)34)24-17-26(38(40)41)28(44-20-22-12-7-4-8-13-22)27(18-24)43-19-21-10-5-3-6-11-21/h3-15,17-18H,2,16,19-20H2,1H3,(H,37,39)/b36-25-. The number of nitro benzene ring substituents is 1. The van der Waals surface area contributed by atoms with Crippen LogP contribution in [-0.4, -0.2) is 28.3 Å². The van der Waals surface area contributed by atoms with Crippen molar-refractivity contribution in [3.8, 4) is 11.5 Å². The van der Waals surface area contributed by atoms with Gasteiger partial charge < -0.3 is 14.2 Å². The van der Waals surface area contributed by atoms with E-state index >= 15 is 0 Å². The zero-order valence-corrected chi connectivity index (χ0v) is 23.4. The van der Waals surface area contributed by atoms with Crippen molar-refractivity contribution in [2.75, 3.05) is 6.61 Å². The third-order valence-electron chi connectivity index (χ3n) is 6.10. The zero-order chi connectivity index (χ0) is 31.5. The third-order valence-corrected chi connectivity index (χ3v) is 6.10. The second-order valence-electron chi connectivity index (χ2n) is 9.20. The summed E-state index contributed by atoms with van der Waals surface area (Å²) in [6, 6.07) is 22.9. The molecule has 4 rings (SSSR count). The molecule has 0 saturated carbocycles. The monoisotopic (exact) mass is 608 g/mol. The average Bonchev–Trinajstić information content (AvgIpc) is 3.01. The van der Waals surface area contributed by atoms with E-state index in [-0.39, 0.29) is 48.2 Å². The molecule has 0 atom stereocenters. The summed E-state index contributed by atoms with van der Waals surface area (Å²) in [7, 11) is 0. The SMILES string of the molecule is CCOC(=O)N/N=C(/Cc1cccnc1C(F)(F)F)c1cc(OCc2ccccc2)c(OCc2ccccc2)c([N+](=O)[O-])c1. The lowest BCUT2D eigenvalue weighted by Crippen LogP contribution is -2.23. The molecule has 1 aromatic heterocycles. The molecule has 1 amide bonds. The number of carbonyl (C=O) groups is 1. The van der Waals surface area contributed by atoms with E-state index in [1.165, 1.54) is 18.2 Å². The van der Waals surface area contributed by atoms with E-state index in [1.807, 2.05) is 12.1 Å². The molecule has 44 heavy (non-hydrogen) atoms. The Morgan fingerprint density at radius 2 is 1.59 bits per heavy atom. The second-order valence-corrected chi connectivity index (χ2v) is 9.20. The molecule has 10 nitrogen and oxygen atoms in total. The maximum atomic E-state index is 13.8. The van der Waals surface area contributed by atoms with Gasteiger partial charge in [0, 0.05) is 24.2 Å². The molecule has 0 unspecified atom stereocenters. The summed E-state index contributed by atoms with van der Waals surface area (Å²) in [5, 5.41) is 16.3. The Balaban J connectivity index is 1.82. The molecule has 0 aliphatic rings. The molecular formula is C31H27F3N4O6. The molecule has 0 radical (unpaired) electrons. The molecule has 3 aromatic carbocycles. The summed E-state index contributed by atoms with van der Waals surface area (Å²) < 4.78 is 58.0. The highest BCUT2D eigenvalue weighted by Gasteiger charge is 2.35. The molecule has 4 aromatic rings. The summed E-state index contributed by atoms with van der Waals surface area (Å²) in [5.41, 5.74) is 1.50. The van der Waals surface area contributed by atoms with Crippen LogP contribution in [0.4, 0.5) is 23.7 Å². The molecule has 0 bridgehead atoms. The predicted molar refractivity (Wildman–Crippen MR) is 154 cm³/mol. The van der Waals surface area contributed by atoms with E-state index in [0.29, 0.717) is 0 Å². The Morgan fingerprint density at radius 3 is 2.18 bits per heavy atom. The maximum absolute atomic E-state index is 13.8. The van der Waals surface area contributed by atoms with Gasteiger partial charge in [-0.25, -0.2) is 10.2 Å². The van der Waals surface area contributed by atoms with Crippen LogP contribution >= 0.6 is 0 Å². The molecule has 13 heteroatoms. The van der Waals surface area contributed by atoms with E-state index in [2.05, 4.69) is 15.5 Å². The number of ether oxygens (including phenoxy) is 3. The van der Waals surface area contributed by atoms with E-state index in [1.54, 1.807) is 55.5 Å². The largest absolute Gasteiger partial charge is 0.485 e. The number of alkyl halides is 3. The summed E-state index contributed by atoms with van der Waals surface area (Å²) in [5.74, 6) is -0.242. The van der Waals surface area contributed by atoms with E-state index in [9.17, 15) is 28.1 Å². The molecule has 1 heterocycles. The molecule has 0 saturated heterocycles. The van der Waals surface area contributed by atoms with Gasteiger partial charge in [-0.2, -0.15) is 18.3 Å². The van der Waals surface area contributed by atoms with Crippen LogP contribution in [0.5, 0.6) is 11.5 Å². The normalized spacial score (nSPS) is 11.5. The van der Waals surface area contributed by atoms with Crippen molar-refractivity contribution < 1.29 is 37.1 Å². The molecule has 228 valence electrons. The Kier molecular flexibility index (Phi) is 10.5. The van der Waals surface area contributed by atoms with Gasteiger partial charge in [0.25, 0.3) is 0 Å². The van der Waals surface area contributed by atoms with Crippen LogP contribution in [0.25, 0.3) is 0 Å². The number of nitrogens with zero attached hydrogens (tertiary/aromatic N) is 3. The third kappa shape index (κ3) is 8.53. The zero-order valence-electron chi connectivity index (χ0n) is 23.4. The van der Waals surface area contributed by atoms with Gasteiger partial charge in [-0.05, 0) is 35.7 Å². The van der Waals surface area contributed by atoms with Crippen LogP contribution in [0.3, 0.4) is 0 Å². The van der Waals surface area contributed by atoms with Crippen molar-refractivity contribution in [2.45, 2.75) is 32.7 Å². The first-order chi connectivity index (χ1) is 21.2. The fourth-order valence-corrected chi connectivity index (χ4v) is 4.11. The number of carbonyl (C=O) groups excluding carboxylic acids is 1. The highest BCUT2D eigenvalue weighted by molar-refractivity contribution is 6.03. The number of nitro groups is 1. The number of benzene rings is 3. The summed E-state index contributed by atoms with van der Waals surface area (Å²) >= 11 is 0. The molecule has 0 aliphatic heterocycles. The van der Waals surface area contributed by atoms with Crippen molar-refractivity contribution in [3.05, 3.63) is 129 Å². The molecule has 0 aliphatic carbocycles. The lowest BCUT2D eigenvalue weighted by Gasteiger charge is -2.17. The molecule has 0 spiro atoms. The van der Waals surface area contributed by atoms with Crippen LogP contribution < -0.4 is 14.9 Å². The Morgan fingerprint density at radius 1 is 0.955 bits per heavy atom. The van der Waals surface area contributed by atoms with Crippen LogP contribution in [0, 0.1) is 10.1 Å². The number of hydrogen-bond acceptors (Lipinski definition) is 8. The van der Waals surface area contributed by atoms with Gasteiger partial charge in [0.1, 0.15) is 18.9 Å². The summed E-state index contributed by atoms with van der Waals surface area (Å²) in [6.07, 6.45) is -5.26. The predicted octanol–water partition coefficient (Wildman–Crippen LogP) is 6.86. The number of halogens is 3. The lowest BCUT2D eigenvalue weighted by atomic mass is 9.99. The fraction of sp³-hybridized carbons (Fsp3) is 0.194. The number of pyridine rings is 1. The minimum Gasteiger partial charge on any atom is -0.485 e. The lowest BCUT2D eigenvalue weighted by molar-refractivity contribution is -0.386. The smallest absolute Gasteiger partial charge is 0.433 e. The topological polar surface area (TPSA) is 125 Å². The molecular weight excluding hydrogens is 581 g/mol. The number of hydrogen-bond donors (Lipinski definition) is 1. The number of amides is 1. The van der Waals surface area contributed by atoms with E-state index < -0.39 is 35.0 Å². The fourth-order valence-electron chi connectivity index (χ4n) is 4.11. The van der Waals surface area contributed by atoms with Crippen molar-refractivity contribution in [3.63, 3.8) is 0 Å². The Hall–Kier alpha value is -5.46. The summed E-state index contributed by atoms with van der Waals surface area (Å²) in [6.45, 7) is 1.54. The first-order valence-electron chi connectivity index (χ1n) is 13.3. The molecule has 1 N–H and O–H groups in total. The van der Waals surface area contributed by atoms with Crippen molar-refractivity contribution >= 4 is 17.5 Å². The van der Waals surface area contributed by atoms with Crippen molar-refractivity contribution in [2.24, 2.45) is 5.10 Å². The number of rotatable bonds is 12. The van der Waals surface area contributed by atoms with Gasteiger partial charge in [-0.1, -0.05) is 66.7 Å². The van der Waals surface area contributed by atoms with E-state index in [0.717, 1.165) is 23.4 Å². The minimum absolute atomic E-state index is 0.000554. The van der Waals surface area contributed by atoms with Crippen molar-refractivity contribution in [1.29, 1.82) is 0 Å². The number of nitrogens with one attached hydrogen (secondary N) is 1. The van der Waals surface area contributed by atoms with Crippen LogP contribution in [-0.2, 0) is 30.5 Å². The number of aromatic nitrogens is 1. The van der Waals surface area contributed by atoms with Gasteiger partial charge >= 0.3 is 18.0 Å². The second kappa shape index (κ2) is 14.6. The Bertz CT molecular complexity index is 1620. The minimum atomic E-state index is -4.79. The van der Waals surface area contributed by atoms with Gasteiger partial charge in [-0.15, -0.1) is 0 Å². The van der Waals surface area contributed by atoms with Gasteiger partial charge in [0.2, 0.25) is 5.75 Å². The van der Waals surface area contributed by atoms with Crippen LogP contribution in [0.2, 0.25) is 0 Å². The Labute approximate surface area is 250 Å². The van der Waals surface area contributed by atoms with E-state index in [4.69, 9.17) is 14.2 Å². The highest BCUT2D eigenvalue weighted by Crippen LogP contribution is 2.40. The van der Waals surface area contributed by atoms with Gasteiger partial charge in [0.15, 0.2) is 5.75 Å².